The normalized spacial score (nSPS) is 14.6. The van der Waals surface area contributed by atoms with Crippen molar-refractivity contribution < 1.29 is 34.2 Å². The molecule has 184 valence electrons. The second-order valence-corrected chi connectivity index (χ2v) is 8.18. The van der Waals surface area contributed by atoms with E-state index in [0.29, 0.717) is 5.69 Å². The van der Waals surface area contributed by atoms with Gasteiger partial charge in [0.15, 0.2) is 0 Å². The van der Waals surface area contributed by atoms with Crippen molar-refractivity contribution in [3.05, 3.63) is 18.2 Å². The number of nitrogens with two attached hydrogens (primary N) is 1. The highest BCUT2D eigenvalue weighted by molar-refractivity contribution is 7.80. The number of H-pyrrole nitrogens is 1. The van der Waals surface area contributed by atoms with Crippen molar-refractivity contribution in [2.75, 3.05) is 5.75 Å². The smallest absolute Gasteiger partial charge is 0.327 e. The molecule has 0 saturated heterocycles. The number of rotatable bonds is 14. The van der Waals surface area contributed by atoms with Crippen LogP contribution in [0.1, 0.15) is 32.4 Å². The number of hydrogen-bond donors (Lipinski definition) is 8. The molecule has 4 atom stereocenters. The summed E-state index contributed by atoms with van der Waals surface area (Å²) in [6, 6.07) is -4.93. The molecule has 13 nitrogen and oxygen atoms in total. The number of nitrogens with one attached hydrogen (secondary N) is 4. The molecule has 1 aromatic heterocycles. The summed E-state index contributed by atoms with van der Waals surface area (Å²) in [6.45, 7) is 3.63. The Kier molecular flexibility index (Phi) is 11.4. The molecule has 4 unspecified atom stereocenters. The van der Waals surface area contributed by atoms with Crippen LogP contribution in [0, 0.1) is 5.92 Å². The van der Waals surface area contributed by atoms with Crippen LogP contribution in [0.4, 0.5) is 0 Å². The van der Waals surface area contributed by atoms with Gasteiger partial charge in [-0.3, -0.25) is 19.2 Å². The van der Waals surface area contributed by atoms with Gasteiger partial charge < -0.3 is 36.9 Å². The van der Waals surface area contributed by atoms with Crippen LogP contribution in [0.5, 0.6) is 0 Å². The average Bonchev–Trinajstić information content (AvgIpc) is 3.22. The summed E-state index contributed by atoms with van der Waals surface area (Å²) in [5, 5.41) is 25.3. The number of aromatic nitrogens is 2. The van der Waals surface area contributed by atoms with E-state index in [-0.39, 0.29) is 24.5 Å². The van der Waals surface area contributed by atoms with Gasteiger partial charge in [0.05, 0.1) is 18.8 Å². The van der Waals surface area contributed by atoms with E-state index in [2.05, 4.69) is 38.5 Å². The fourth-order valence-electron chi connectivity index (χ4n) is 2.82. The van der Waals surface area contributed by atoms with E-state index in [0.717, 1.165) is 0 Å². The predicted molar refractivity (Wildman–Crippen MR) is 119 cm³/mol. The molecule has 0 aromatic carbocycles. The number of aromatic amines is 1. The first-order chi connectivity index (χ1) is 15.4. The van der Waals surface area contributed by atoms with Gasteiger partial charge in [-0.15, -0.1) is 0 Å². The molecule has 8 N–H and O–H groups in total. The van der Waals surface area contributed by atoms with E-state index in [1.807, 2.05) is 13.8 Å². The number of carbonyl (C=O) groups excluding carboxylic acids is 3. The Morgan fingerprint density at radius 3 is 2.09 bits per heavy atom. The molecule has 0 radical (unpaired) electrons. The van der Waals surface area contributed by atoms with Crippen LogP contribution in [-0.2, 0) is 30.4 Å². The van der Waals surface area contributed by atoms with E-state index in [1.165, 1.54) is 12.5 Å². The number of hydrogen-bond acceptors (Lipinski definition) is 8. The first kappa shape index (κ1) is 27.9. The fraction of sp³-hybridized carbons (Fsp3) is 0.579. The molecule has 0 aliphatic carbocycles. The first-order valence-corrected chi connectivity index (χ1v) is 10.8. The van der Waals surface area contributed by atoms with Gasteiger partial charge in [0.2, 0.25) is 17.7 Å². The first-order valence-electron chi connectivity index (χ1n) is 10.1. The molecule has 14 heteroatoms. The number of carboxylic acid groups (broad SMARTS) is 2. The average molecular weight is 487 g/mol. The van der Waals surface area contributed by atoms with Crippen LogP contribution in [0.3, 0.4) is 0 Å². The van der Waals surface area contributed by atoms with Crippen molar-refractivity contribution in [2.45, 2.75) is 57.3 Å². The molecule has 3 amide bonds. The molecule has 1 heterocycles. The van der Waals surface area contributed by atoms with Gasteiger partial charge >= 0.3 is 11.9 Å². The summed E-state index contributed by atoms with van der Waals surface area (Å²) in [5.41, 5.74) is 6.08. The summed E-state index contributed by atoms with van der Waals surface area (Å²) in [5.74, 6) is -5.05. The van der Waals surface area contributed by atoms with Crippen LogP contribution < -0.4 is 21.7 Å². The maximum atomic E-state index is 13.0. The third-order valence-electron chi connectivity index (χ3n) is 4.48. The summed E-state index contributed by atoms with van der Waals surface area (Å²) < 4.78 is 0. The molecular formula is C19H30N6O7S. The van der Waals surface area contributed by atoms with E-state index >= 15 is 0 Å². The summed E-state index contributed by atoms with van der Waals surface area (Å²) >= 11 is 3.91. The number of carbonyl (C=O) groups is 5. The van der Waals surface area contributed by atoms with Crippen molar-refractivity contribution in [1.29, 1.82) is 0 Å². The maximum absolute atomic E-state index is 13.0. The molecule has 0 aliphatic rings. The standard InChI is InChI=1S/C19H30N6O7S/c1-9(2)3-12(17(29)25-14(7-33)19(31)32)24-18(30)13(4-10-6-21-8-22-10)23-16(28)11(20)5-15(26)27/h6,8-9,11-14,33H,3-5,7,20H2,1-2H3,(H,21,22)(H,23,28)(H,24,30)(H,25,29)(H,26,27)(H,31,32). The molecule has 1 aromatic rings. The zero-order chi connectivity index (χ0) is 25.1. The second-order valence-electron chi connectivity index (χ2n) is 7.82. The van der Waals surface area contributed by atoms with Crippen LogP contribution >= 0.6 is 12.6 Å². The number of thiol groups is 1. The Morgan fingerprint density at radius 1 is 1.03 bits per heavy atom. The summed E-state index contributed by atoms with van der Waals surface area (Å²) in [4.78, 5) is 66.7. The Balaban J connectivity index is 3.03. The SMILES string of the molecule is CC(C)CC(NC(=O)C(Cc1cnc[nH]1)NC(=O)C(N)CC(=O)O)C(=O)NC(CS)C(=O)O. The lowest BCUT2D eigenvalue weighted by atomic mass is 10.0. The zero-order valence-electron chi connectivity index (χ0n) is 18.3. The van der Waals surface area contributed by atoms with E-state index in [4.69, 9.17) is 15.9 Å². The second kappa shape index (κ2) is 13.4. The van der Waals surface area contributed by atoms with Gasteiger partial charge in [-0.25, -0.2) is 9.78 Å². The van der Waals surface area contributed by atoms with Gasteiger partial charge in [-0.2, -0.15) is 12.6 Å². The van der Waals surface area contributed by atoms with Gasteiger partial charge in [0, 0.05) is 24.1 Å². The van der Waals surface area contributed by atoms with Gasteiger partial charge in [0.25, 0.3) is 0 Å². The molecule has 1 rings (SSSR count). The van der Waals surface area contributed by atoms with Crippen molar-refractivity contribution in [3.63, 3.8) is 0 Å². The largest absolute Gasteiger partial charge is 0.481 e. The van der Waals surface area contributed by atoms with E-state index in [1.54, 1.807) is 0 Å². The zero-order valence-corrected chi connectivity index (χ0v) is 19.2. The Bertz CT molecular complexity index is 833. The van der Waals surface area contributed by atoms with E-state index < -0.39 is 60.2 Å². The highest BCUT2D eigenvalue weighted by Crippen LogP contribution is 2.08. The van der Waals surface area contributed by atoms with E-state index in [9.17, 15) is 24.0 Å². The van der Waals surface area contributed by atoms with Crippen molar-refractivity contribution in [3.8, 4) is 0 Å². The highest BCUT2D eigenvalue weighted by atomic mass is 32.1. The third-order valence-corrected chi connectivity index (χ3v) is 4.85. The van der Waals surface area contributed by atoms with Crippen LogP contribution in [0.25, 0.3) is 0 Å². The Labute approximate surface area is 195 Å². The maximum Gasteiger partial charge on any atom is 0.327 e. The van der Waals surface area contributed by atoms with Crippen LogP contribution in [0.2, 0.25) is 0 Å². The summed E-state index contributed by atoms with van der Waals surface area (Å²) in [7, 11) is 0. The minimum atomic E-state index is -1.39. The Hall–Kier alpha value is -3.13. The van der Waals surface area contributed by atoms with Gasteiger partial charge in [-0.1, -0.05) is 13.8 Å². The molecule has 0 bridgehead atoms. The lowest BCUT2D eigenvalue weighted by Crippen LogP contribution is -2.58. The monoisotopic (exact) mass is 486 g/mol. The minimum absolute atomic E-state index is 0.0371. The molecule has 0 aliphatic heterocycles. The topological polar surface area (TPSA) is 217 Å². The number of nitrogens with zero attached hydrogens (tertiary/aromatic N) is 1. The molecular weight excluding hydrogens is 456 g/mol. The van der Waals surface area contributed by atoms with Crippen molar-refractivity contribution >= 4 is 42.3 Å². The lowest BCUT2D eigenvalue weighted by Gasteiger charge is -2.25. The van der Waals surface area contributed by atoms with Crippen molar-refractivity contribution in [2.24, 2.45) is 11.7 Å². The quantitative estimate of drug-likeness (QED) is 0.140. The van der Waals surface area contributed by atoms with Crippen LogP contribution in [-0.4, -0.2) is 79.8 Å². The predicted octanol–water partition coefficient (Wildman–Crippen LogP) is -1.73. The third kappa shape index (κ3) is 9.91. The van der Waals surface area contributed by atoms with Gasteiger partial charge in [-0.05, 0) is 12.3 Å². The van der Waals surface area contributed by atoms with Crippen LogP contribution in [0.15, 0.2) is 12.5 Å². The summed E-state index contributed by atoms with van der Waals surface area (Å²) in [6.07, 6.45) is 2.33. The molecule has 0 fully saturated rings. The number of aliphatic carboxylic acids is 2. The van der Waals surface area contributed by atoms with Gasteiger partial charge in [0.1, 0.15) is 18.1 Å². The Morgan fingerprint density at radius 2 is 1.61 bits per heavy atom. The number of amides is 3. The minimum Gasteiger partial charge on any atom is -0.481 e. The fourth-order valence-corrected chi connectivity index (χ4v) is 3.07. The molecule has 0 spiro atoms. The molecule has 33 heavy (non-hydrogen) atoms. The molecule has 0 saturated carbocycles. The number of imidazole rings is 1. The lowest BCUT2D eigenvalue weighted by molar-refractivity contribution is -0.141. The van der Waals surface area contributed by atoms with Crippen molar-refractivity contribution in [1.82, 2.24) is 25.9 Å². The number of carboxylic acids is 2. The highest BCUT2D eigenvalue weighted by Gasteiger charge is 2.31.